The highest BCUT2D eigenvalue weighted by Gasteiger charge is 2.40. The molecular formula is C14H17Cl2F2NO3. The standard InChI is InChI=1S/C14H17Cl2F2NO3/c1-13(2,3)22-12(21)19-7-14(17,18)11(20)8-4-5-9(15)10(16)6-8/h4-6,11,20H,7H2,1-3H3,(H,19,21). The summed E-state index contributed by atoms with van der Waals surface area (Å²) < 4.78 is 32.7. The van der Waals surface area contributed by atoms with Gasteiger partial charge in [0.15, 0.2) is 0 Å². The van der Waals surface area contributed by atoms with Gasteiger partial charge in [-0.15, -0.1) is 0 Å². The Balaban J connectivity index is 2.72. The largest absolute Gasteiger partial charge is 0.444 e. The molecule has 0 aromatic heterocycles. The Bertz CT molecular complexity index is 547. The second kappa shape index (κ2) is 6.98. The van der Waals surface area contributed by atoms with Gasteiger partial charge < -0.3 is 15.2 Å². The van der Waals surface area contributed by atoms with Gasteiger partial charge in [0.05, 0.1) is 16.6 Å². The summed E-state index contributed by atoms with van der Waals surface area (Å²) in [4.78, 5) is 11.4. The summed E-state index contributed by atoms with van der Waals surface area (Å²) in [5, 5.41) is 11.9. The van der Waals surface area contributed by atoms with Gasteiger partial charge in [0.2, 0.25) is 0 Å². The minimum absolute atomic E-state index is 0.0501. The Kier molecular flexibility index (Phi) is 6.01. The van der Waals surface area contributed by atoms with Crippen molar-refractivity contribution in [2.75, 3.05) is 6.54 Å². The van der Waals surface area contributed by atoms with Crippen molar-refractivity contribution in [2.24, 2.45) is 0 Å². The number of carbonyl (C=O) groups is 1. The van der Waals surface area contributed by atoms with Crippen LogP contribution >= 0.6 is 23.2 Å². The molecule has 0 fully saturated rings. The van der Waals surface area contributed by atoms with Crippen molar-refractivity contribution in [3.8, 4) is 0 Å². The second-order valence-electron chi connectivity index (χ2n) is 5.69. The molecule has 1 unspecified atom stereocenters. The van der Waals surface area contributed by atoms with Crippen LogP contribution in [0, 0.1) is 0 Å². The van der Waals surface area contributed by atoms with Gasteiger partial charge in [-0.1, -0.05) is 29.3 Å². The molecule has 0 saturated heterocycles. The van der Waals surface area contributed by atoms with E-state index in [2.05, 4.69) is 0 Å². The molecule has 8 heteroatoms. The average molecular weight is 356 g/mol. The molecule has 1 aromatic rings. The van der Waals surface area contributed by atoms with E-state index in [1.54, 1.807) is 20.8 Å². The van der Waals surface area contributed by atoms with Crippen LogP contribution in [0.1, 0.15) is 32.4 Å². The maximum Gasteiger partial charge on any atom is 0.407 e. The zero-order valence-electron chi connectivity index (χ0n) is 12.3. The first kappa shape index (κ1) is 18.9. The first-order chi connectivity index (χ1) is 9.92. The molecule has 124 valence electrons. The quantitative estimate of drug-likeness (QED) is 0.851. The van der Waals surface area contributed by atoms with Gasteiger partial charge in [0.25, 0.3) is 5.92 Å². The molecule has 1 rings (SSSR count). The Labute approximate surface area is 137 Å². The summed E-state index contributed by atoms with van der Waals surface area (Å²) in [6.45, 7) is 3.74. The molecule has 4 nitrogen and oxygen atoms in total. The predicted molar refractivity (Wildman–Crippen MR) is 80.6 cm³/mol. The Morgan fingerprint density at radius 2 is 1.91 bits per heavy atom. The van der Waals surface area contributed by atoms with Crippen LogP contribution in [-0.2, 0) is 4.74 Å². The SMILES string of the molecule is CC(C)(C)OC(=O)NCC(F)(F)C(O)c1ccc(Cl)c(Cl)c1. The molecule has 0 radical (unpaired) electrons. The van der Waals surface area contributed by atoms with Crippen molar-refractivity contribution < 1.29 is 23.4 Å². The second-order valence-corrected chi connectivity index (χ2v) is 6.51. The first-order valence-electron chi connectivity index (χ1n) is 6.40. The summed E-state index contributed by atoms with van der Waals surface area (Å²) in [5.41, 5.74) is -0.910. The van der Waals surface area contributed by atoms with Crippen molar-refractivity contribution in [1.29, 1.82) is 0 Å². The Morgan fingerprint density at radius 1 is 1.32 bits per heavy atom. The summed E-state index contributed by atoms with van der Waals surface area (Å²) in [5.74, 6) is -3.60. The summed E-state index contributed by atoms with van der Waals surface area (Å²) >= 11 is 11.4. The van der Waals surface area contributed by atoms with E-state index in [0.717, 1.165) is 6.07 Å². The van der Waals surface area contributed by atoms with Crippen LogP contribution in [0.4, 0.5) is 13.6 Å². The summed E-state index contributed by atoms with van der Waals surface area (Å²) in [7, 11) is 0. The molecule has 0 saturated carbocycles. The Hall–Kier alpha value is -1.11. The van der Waals surface area contributed by atoms with Gasteiger partial charge in [-0.2, -0.15) is 0 Å². The molecule has 0 aliphatic rings. The number of amides is 1. The molecular weight excluding hydrogens is 339 g/mol. The normalized spacial score (nSPS) is 13.6. The maximum absolute atomic E-state index is 13.9. The van der Waals surface area contributed by atoms with Crippen LogP contribution in [0.15, 0.2) is 18.2 Å². The Morgan fingerprint density at radius 3 is 2.41 bits per heavy atom. The number of aliphatic hydroxyl groups excluding tert-OH is 1. The molecule has 0 aliphatic heterocycles. The van der Waals surface area contributed by atoms with Crippen LogP contribution in [0.25, 0.3) is 0 Å². The van der Waals surface area contributed by atoms with Crippen LogP contribution in [0.5, 0.6) is 0 Å². The summed E-state index contributed by atoms with van der Waals surface area (Å²) in [6, 6.07) is 3.69. The lowest BCUT2D eigenvalue weighted by molar-refractivity contribution is -0.107. The lowest BCUT2D eigenvalue weighted by Gasteiger charge is -2.25. The molecule has 1 amide bonds. The van der Waals surface area contributed by atoms with E-state index in [1.807, 2.05) is 5.32 Å². The number of halogens is 4. The van der Waals surface area contributed by atoms with E-state index in [-0.39, 0.29) is 15.6 Å². The number of rotatable bonds is 4. The van der Waals surface area contributed by atoms with Gasteiger partial charge in [0, 0.05) is 0 Å². The van der Waals surface area contributed by atoms with Gasteiger partial charge in [-0.05, 0) is 38.5 Å². The minimum atomic E-state index is -3.60. The molecule has 1 aromatic carbocycles. The number of carbonyl (C=O) groups excluding carboxylic acids is 1. The van der Waals surface area contributed by atoms with Crippen LogP contribution in [-0.4, -0.2) is 29.3 Å². The van der Waals surface area contributed by atoms with Gasteiger partial charge in [0.1, 0.15) is 11.7 Å². The molecule has 2 N–H and O–H groups in total. The third kappa shape index (κ3) is 5.59. The number of hydrogen-bond donors (Lipinski definition) is 2. The number of benzene rings is 1. The third-order valence-electron chi connectivity index (χ3n) is 2.53. The monoisotopic (exact) mass is 355 g/mol. The van der Waals surface area contributed by atoms with Gasteiger partial charge >= 0.3 is 6.09 Å². The minimum Gasteiger partial charge on any atom is -0.444 e. The highest BCUT2D eigenvalue weighted by molar-refractivity contribution is 6.42. The maximum atomic E-state index is 13.9. The number of aliphatic hydroxyl groups is 1. The van der Waals surface area contributed by atoms with E-state index in [1.165, 1.54) is 12.1 Å². The number of alkyl halides is 2. The van der Waals surface area contributed by atoms with E-state index >= 15 is 0 Å². The molecule has 0 bridgehead atoms. The number of alkyl carbamates (subject to hydrolysis) is 1. The number of hydrogen-bond acceptors (Lipinski definition) is 3. The lowest BCUT2D eigenvalue weighted by Crippen LogP contribution is -2.42. The fourth-order valence-corrected chi connectivity index (χ4v) is 1.83. The number of nitrogens with one attached hydrogen (secondary N) is 1. The summed E-state index contributed by atoms with van der Waals surface area (Å²) in [6.07, 6.45) is -3.13. The van der Waals surface area contributed by atoms with Crippen LogP contribution < -0.4 is 5.32 Å². The van der Waals surface area contributed by atoms with E-state index in [9.17, 15) is 18.7 Å². The third-order valence-corrected chi connectivity index (χ3v) is 3.27. The predicted octanol–water partition coefficient (Wildman–Crippen LogP) is 4.19. The first-order valence-corrected chi connectivity index (χ1v) is 7.15. The van der Waals surface area contributed by atoms with Crippen LogP contribution in [0.2, 0.25) is 10.0 Å². The number of ether oxygens (including phenoxy) is 1. The highest BCUT2D eigenvalue weighted by atomic mass is 35.5. The molecule has 0 heterocycles. The smallest absolute Gasteiger partial charge is 0.407 e. The topological polar surface area (TPSA) is 58.6 Å². The lowest BCUT2D eigenvalue weighted by atomic mass is 10.0. The fourth-order valence-electron chi connectivity index (χ4n) is 1.53. The van der Waals surface area contributed by atoms with Crippen molar-refractivity contribution >= 4 is 29.3 Å². The van der Waals surface area contributed by atoms with Crippen molar-refractivity contribution in [3.05, 3.63) is 33.8 Å². The van der Waals surface area contributed by atoms with Crippen molar-refractivity contribution in [3.63, 3.8) is 0 Å². The van der Waals surface area contributed by atoms with E-state index in [0.29, 0.717) is 0 Å². The van der Waals surface area contributed by atoms with Crippen molar-refractivity contribution in [1.82, 2.24) is 5.32 Å². The zero-order chi connectivity index (χ0) is 17.1. The fraction of sp³-hybridized carbons (Fsp3) is 0.500. The molecule has 22 heavy (non-hydrogen) atoms. The van der Waals surface area contributed by atoms with Gasteiger partial charge in [-0.25, -0.2) is 13.6 Å². The molecule has 0 spiro atoms. The van der Waals surface area contributed by atoms with E-state index < -0.39 is 30.3 Å². The van der Waals surface area contributed by atoms with Crippen molar-refractivity contribution in [2.45, 2.75) is 38.4 Å². The molecule has 1 atom stereocenters. The highest BCUT2D eigenvalue weighted by Crippen LogP contribution is 2.33. The average Bonchev–Trinajstić information content (AvgIpc) is 2.37. The van der Waals surface area contributed by atoms with E-state index in [4.69, 9.17) is 27.9 Å². The molecule has 0 aliphatic carbocycles. The zero-order valence-corrected chi connectivity index (χ0v) is 13.8. The van der Waals surface area contributed by atoms with Gasteiger partial charge in [-0.3, -0.25) is 0 Å². The van der Waals surface area contributed by atoms with Crippen LogP contribution in [0.3, 0.4) is 0 Å².